The third-order valence-electron chi connectivity index (χ3n) is 7.10. The predicted molar refractivity (Wildman–Crippen MR) is 142 cm³/mol. The quantitative estimate of drug-likeness (QED) is 0.463. The number of benzene rings is 2. The number of carbonyl (C=O) groups excluding carboxylic acids is 1. The molecule has 2 aromatic carbocycles. The molecular weight excluding hydrogens is 500 g/mol. The van der Waals surface area contributed by atoms with Crippen LogP contribution in [0, 0.1) is 5.92 Å². The first-order valence-corrected chi connectivity index (χ1v) is 14.6. The molecule has 1 saturated heterocycles. The van der Waals surface area contributed by atoms with Gasteiger partial charge in [0, 0.05) is 37.2 Å². The van der Waals surface area contributed by atoms with E-state index in [1.807, 2.05) is 12.1 Å². The SMILES string of the molecule is CNC(=O)c1c2cc(C3CC3)c(N(CCC3CCOCC3)S(C)(=O)=O)cc2nn1-c1ccc(Cl)cc1. The second-order valence-electron chi connectivity index (χ2n) is 9.70. The van der Waals surface area contributed by atoms with Crippen LogP contribution < -0.4 is 9.62 Å². The molecule has 0 radical (unpaired) electrons. The molecule has 2 fully saturated rings. The molecule has 1 aliphatic heterocycles. The number of ether oxygens (including phenoxy) is 1. The molecule has 0 bridgehead atoms. The van der Waals surface area contributed by atoms with Crippen LogP contribution in [0.3, 0.4) is 0 Å². The Kier molecular flexibility index (Phi) is 6.98. The van der Waals surface area contributed by atoms with E-state index in [1.54, 1.807) is 36.0 Å². The second-order valence-corrected chi connectivity index (χ2v) is 12.0. The summed E-state index contributed by atoms with van der Waals surface area (Å²) in [5, 5.41) is 8.76. The zero-order valence-corrected chi connectivity index (χ0v) is 22.1. The minimum atomic E-state index is -3.52. The average molecular weight is 531 g/mol. The number of aromatic nitrogens is 2. The number of nitrogens with one attached hydrogen (secondary N) is 1. The Labute approximate surface area is 216 Å². The van der Waals surface area contributed by atoms with E-state index < -0.39 is 10.0 Å². The van der Waals surface area contributed by atoms with Gasteiger partial charge in [-0.15, -0.1) is 0 Å². The maximum Gasteiger partial charge on any atom is 0.270 e. The van der Waals surface area contributed by atoms with Crippen molar-refractivity contribution in [2.24, 2.45) is 5.92 Å². The smallest absolute Gasteiger partial charge is 0.270 e. The summed E-state index contributed by atoms with van der Waals surface area (Å²) in [5.74, 6) is 0.453. The van der Waals surface area contributed by atoms with Gasteiger partial charge in [-0.2, -0.15) is 5.10 Å². The number of anilines is 1. The van der Waals surface area contributed by atoms with Gasteiger partial charge in [0.15, 0.2) is 0 Å². The number of nitrogens with zero attached hydrogens (tertiary/aromatic N) is 3. The molecule has 3 aromatic rings. The van der Waals surface area contributed by atoms with Crippen molar-refractivity contribution in [1.82, 2.24) is 15.1 Å². The Morgan fingerprint density at radius 2 is 1.86 bits per heavy atom. The molecule has 10 heteroatoms. The van der Waals surface area contributed by atoms with Crippen molar-refractivity contribution in [1.29, 1.82) is 0 Å². The van der Waals surface area contributed by atoms with Gasteiger partial charge >= 0.3 is 0 Å². The third kappa shape index (κ3) is 5.10. The van der Waals surface area contributed by atoms with Gasteiger partial charge in [-0.05, 0) is 85.9 Å². The monoisotopic (exact) mass is 530 g/mol. The molecule has 1 saturated carbocycles. The van der Waals surface area contributed by atoms with E-state index >= 15 is 0 Å². The molecular formula is C26H31ClN4O4S. The van der Waals surface area contributed by atoms with Gasteiger partial charge in [0.1, 0.15) is 5.69 Å². The predicted octanol–water partition coefficient (Wildman–Crippen LogP) is 4.50. The number of halogens is 1. The molecule has 36 heavy (non-hydrogen) atoms. The highest BCUT2D eigenvalue weighted by molar-refractivity contribution is 7.92. The molecule has 1 amide bonds. The summed E-state index contributed by atoms with van der Waals surface area (Å²) in [6.45, 7) is 1.87. The van der Waals surface area contributed by atoms with Gasteiger partial charge in [0.2, 0.25) is 10.0 Å². The maximum atomic E-state index is 13.0. The summed E-state index contributed by atoms with van der Waals surface area (Å²) < 4.78 is 34.6. The van der Waals surface area contributed by atoms with Crippen molar-refractivity contribution in [2.75, 3.05) is 37.4 Å². The standard InChI is InChI=1S/C26H31ClN4O4S/c1-28-26(32)25-22-15-21(18-3-4-18)24(16-23(22)29-31(25)20-7-5-19(27)6-8-20)30(36(2,33)34)12-9-17-10-13-35-14-11-17/h5-8,15-18H,3-4,9-14H2,1-2H3,(H,28,32). The molecule has 2 heterocycles. The van der Waals surface area contributed by atoms with Gasteiger partial charge in [0.05, 0.1) is 23.1 Å². The van der Waals surface area contributed by atoms with E-state index in [4.69, 9.17) is 21.4 Å². The topological polar surface area (TPSA) is 93.5 Å². The summed E-state index contributed by atoms with van der Waals surface area (Å²) in [6.07, 6.45) is 5.94. The lowest BCUT2D eigenvalue weighted by molar-refractivity contribution is 0.0647. The minimum absolute atomic E-state index is 0.263. The molecule has 5 rings (SSSR count). The fourth-order valence-electron chi connectivity index (χ4n) is 4.98. The van der Waals surface area contributed by atoms with Crippen molar-refractivity contribution in [3.05, 3.63) is 52.7 Å². The molecule has 1 aromatic heterocycles. The van der Waals surface area contributed by atoms with Crippen LogP contribution >= 0.6 is 11.6 Å². The molecule has 1 N–H and O–H groups in total. The lowest BCUT2D eigenvalue weighted by Gasteiger charge is -2.28. The van der Waals surface area contributed by atoms with Crippen LogP contribution in [0.25, 0.3) is 16.6 Å². The van der Waals surface area contributed by atoms with Crippen molar-refractivity contribution >= 4 is 44.1 Å². The van der Waals surface area contributed by atoms with E-state index in [9.17, 15) is 13.2 Å². The van der Waals surface area contributed by atoms with Gasteiger partial charge in [-0.1, -0.05) is 11.6 Å². The lowest BCUT2D eigenvalue weighted by atomic mass is 9.96. The van der Waals surface area contributed by atoms with Crippen LogP contribution in [0.5, 0.6) is 0 Å². The third-order valence-corrected chi connectivity index (χ3v) is 8.53. The van der Waals surface area contributed by atoms with E-state index in [0.29, 0.717) is 45.5 Å². The Morgan fingerprint density at radius 1 is 1.17 bits per heavy atom. The highest BCUT2D eigenvalue weighted by atomic mass is 35.5. The molecule has 0 unspecified atom stereocenters. The summed E-state index contributed by atoms with van der Waals surface area (Å²) in [7, 11) is -1.93. The average Bonchev–Trinajstić information content (AvgIpc) is 3.64. The highest BCUT2D eigenvalue weighted by Gasteiger charge is 2.33. The fourth-order valence-corrected chi connectivity index (χ4v) is 6.06. The molecule has 8 nitrogen and oxygen atoms in total. The number of amides is 1. The Morgan fingerprint density at radius 3 is 2.47 bits per heavy atom. The summed E-state index contributed by atoms with van der Waals surface area (Å²) in [6, 6.07) is 10.9. The number of hydrogen-bond acceptors (Lipinski definition) is 5. The molecule has 2 aliphatic rings. The van der Waals surface area contributed by atoms with E-state index in [-0.39, 0.29) is 11.8 Å². The van der Waals surface area contributed by atoms with Gasteiger partial charge in [-0.25, -0.2) is 13.1 Å². The largest absolute Gasteiger partial charge is 0.381 e. The van der Waals surface area contributed by atoms with Crippen LogP contribution in [-0.2, 0) is 14.8 Å². The Balaban J connectivity index is 1.63. The van der Waals surface area contributed by atoms with E-state index in [1.165, 1.54) is 10.6 Å². The number of hydrogen-bond donors (Lipinski definition) is 1. The van der Waals surface area contributed by atoms with Crippen LogP contribution in [0.1, 0.15) is 54.1 Å². The minimum Gasteiger partial charge on any atom is -0.381 e. The first-order chi connectivity index (χ1) is 17.3. The van der Waals surface area contributed by atoms with Crippen LogP contribution in [0.15, 0.2) is 36.4 Å². The van der Waals surface area contributed by atoms with Gasteiger partial charge < -0.3 is 10.1 Å². The summed E-state index contributed by atoms with van der Waals surface area (Å²) in [4.78, 5) is 13.0. The van der Waals surface area contributed by atoms with E-state index in [0.717, 1.165) is 50.9 Å². The van der Waals surface area contributed by atoms with Crippen molar-refractivity contribution in [3.63, 3.8) is 0 Å². The van der Waals surface area contributed by atoms with E-state index in [2.05, 4.69) is 5.32 Å². The molecule has 0 spiro atoms. The number of rotatable bonds is 8. The second kappa shape index (κ2) is 10.0. The summed E-state index contributed by atoms with van der Waals surface area (Å²) >= 11 is 6.08. The Hall–Kier alpha value is -2.62. The van der Waals surface area contributed by atoms with Gasteiger partial charge in [0.25, 0.3) is 5.91 Å². The Bertz CT molecular complexity index is 1380. The number of carbonyl (C=O) groups is 1. The molecule has 192 valence electrons. The normalized spacial score (nSPS) is 16.9. The molecule has 0 atom stereocenters. The van der Waals surface area contributed by atoms with Crippen molar-refractivity contribution < 1.29 is 17.9 Å². The number of sulfonamides is 1. The lowest BCUT2D eigenvalue weighted by Crippen LogP contribution is -2.33. The fraction of sp³-hybridized carbons (Fsp3) is 0.462. The molecule has 1 aliphatic carbocycles. The van der Waals surface area contributed by atoms with Crippen molar-refractivity contribution in [3.8, 4) is 5.69 Å². The van der Waals surface area contributed by atoms with Crippen LogP contribution in [0.4, 0.5) is 5.69 Å². The maximum absolute atomic E-state index is 13.0. The van der Waals surface area contributed by atoms with Crippen LogP contribution in [0.2, 0.25) is 5.02 Å². The van der Waals surface area contributed by atoms with Crippen LogP contribution in [-0.4, -0.2) is 57.2 Å². The first kappa shape index (κ1) is 25.0. The summed E-state index contributed by atoms with van der Waals surface area (Å²) in [5.41, 5.74) is 3.31. The number of fused-ring (bicyclic) bond motifs is 1. The van der Waals surface area contributed by atoms with Crippen molar-refractivity contribution in [2.45, 2.75) is 38.0 Å². The zero-order valence-electron chi connectivity index (χ0n) is 20.5. The first-order valence-electron chi connectivity index (χ1n) is 12.4. The zero-order chi connectivity index (χ0) is 25.4. The van der Waals surface area contributed by atoms with Gasteiger partial charge in [-0.3, -0.25) is 9.10 Å². The highest BCUT2D eigenvalue weighted by Crippen LogP contribution is 2.47.